The predicted octanol–water partition coefficient (Wildman–Crippen LogP) is 4.49. The Hall–Kier alpha value is -3.27. The van der Waals surface area contributed by atoms with Crippen molar-refractivity contribution in [3.8, 4) is 22.6 Å². The van der Waals surface area contributed by atoms with Crippen molar-refractivity contribution in [2.45, 2.75) is 19.6 Å². The van der Waals surface area contributed by atoms with Crippen LogP contribution >= 0.6 is 0 Å². The van der Waals surface area contributed by atoms with Gasteiger partial charge >= 0.3 is 0 Å². The average Bonchev–Trinajstić information content (AvgIpc) is 2.70. The number of hydrogen-bond donors (Lipinski definition) is 1. The van der Waals surface area contributed by atoms with Gasteiger partial charge in [-0.2, -0.15) is 0 Å². The number of likely N-dealkylation sites (N-methyl/N-ethyl adjacent to an activating group) is 1. The molecule has 0 bridgehead atoms. The summed E-state index contributed by atoms with van der Waals surface area (Å²) in [4.78, 5) is 14.1. The van der Waals surface area contributed by atoms with Crippen molar-refractivity contribution in [2.24, 2.45) is 0 Å². The molecular weight excluding hydrogens is 338 g/mol. The third-order valence-corrected chi connectivity index (χ3v) is 4.40. The topological polar surface area (TPSA) is 49.8 Å². The molecule has 0 radical (unpaired) electrons. The molecule has 0 aliphatic carbocycles. The maximum Gasteiger partial charge on any atom is 0.263 e. The molecule has 138 valence electrons. The van der Waals surface area contributed by atoms with E-state index in [0.717, 1.165) is 11.1 Å². The second-order valence-electron chi connectivity index (χ2n) is 6.47. The van der Waals surface area contributed by atoms with Crippen LogP contribution in [0.2, 0.25) is 0 Å². The summed E-state index contributed by atoms with van der Waals surface area (Å²) in [5.74, 6) is 0.680. The summed E-state index contributed by atoms with van der Waals surface area (Å²) in [5.41, 5.74) is 2.93. The Bertz CT molecular complexity index is 891. The number of rotatable bonds is 6. The van der Waals surface area contributed by atoms with Gasteiger partial charge in [-0.05, 0) is 36.2 Å². The zero-order valence-electron chi connectivity index (χ0n) is 15.5. The van der Waals surface area contributed by atoms with E-state index in [1.165, 1.54) is 0 Å². The highest BCUT2D eigenvalue weighted by molar-refractivity contribution is 5.80. The number of ether oxygens (including phenoxy) is 1. The Balaban J connectivity index is 1.61. The van der Waals surface area contributed by atoms with E-state index in [1.807, 2.05) is 48.5 Å². The summed E-state index contributed by atoms with van der Waals surface area (Å²) in [6, 6.07) is 24.8. The van der Waals surface area contributed by atoms with Crippen molar-refractivity contribution in [3.63, 3.8) is 0 Å². The molecule has 0 fully saturated rings. The molecule has 1 N–H and O–H groups in total. The molecule has 4 nitrogen and oxygen atoms in total. The number of phenolic OH excluding ortho intramolecular Hbond substituents is 1. The van der Waals surface area contributed by atoms with Gasteiger partial charge in [0.15, 0.2) is 6.10 Å². The Morgan fingerprint density at radius 1 is 0.926 bits per heavy atom. The van der Waals surface area contributed by atoms with Gasteiger partial charge in [0.05, 0.1) is 0 Å². The van der Waals surface area contributed by atoms with Crippen LogP contribution in [0.5, 0.6) is 11.5 Å². The normalized spacial score (nSPS) is 11.6. The number of nitrogens with zero attached hydrogens (tertiary/aromatic N) is 1. The first-order chi connectivity index (χ1) is 13.0. The zero-order chi connectivity index (χ0) is 19.2. The number of aromatic hydroxyl groups is 1. The van der Waals surface area contributed by atoms with Crippen molar-refractivity contribution in [1.82, 2.24) is 4.90 Å². The van der Waals surface area contributed by atoms with Gasteiger partial charge in [0.2, 0.25) is 0 Å². The fraction of sp³-hybridized carbons (Fsp3) is 0.174. The lowest BCUT2D eigenvalue weighted by molar-refractivity contribution is -0.137. The standard InChI is InChI=1S/C23H23NO3/c1-17(23(26)24(2)16-20-10-6-7-11-22(20)25)27-21-14-12-19(13-15-21)18-8-4-3-5-9-18/h3-15,17,25H,16H2,1-2H3. The van der Waals surface area contributed by atoms with Crippen molar-refractivity contribution in [2.75, 3.05) is 7.05 Å². The zero-order valence-corrected chi connectivity index (χ0v) is 15.5. The number of phenols is 1. The number of para-hydroxylation sites is 1. The second kappa shape index (κ2) is 8.41. The first-order valence-electron chi connectivity index (χ1n) is 8.88. The van der Waals surface area contributed by atoms with Gasteiger partial charge in [-0.3, -0.25) is 4.79 Å². The van der Waals surface area contributed by atoms with Gasteiger partial charge in [0.1, 0.15) is 11.5 Å². The van der Waals surface area contributed by atoms with Gasteiger partial charge in [0.25, 0.3) is 5.91 Å². The van der Waals surface area contributed by atoms with E-state index < -0.39 is 6.10 Å². The van der Waals surface area contributed by atoms with Crippen LogP contribution in [0.3, 0.4) is 0 Å². The van der Waals surface area contributed by atoms with E-state index in [4.69, 9.17) is 4.74 Å². The van der Waals surface area contributed by atoms with Crippen LogP contribution in [0.25, 0.3) is 11.1 Å². The molecule has 1 amide bonds. The number of carbonyl (C=O) groups excluding carboxylic acids is 1. The van der Waals surface area contributed by atoms with Crippen molar-refractivity contribution in [1.29, 1.82) is 0 Å². The predicted molar refractivity (Wildman–Crippen MR) is 107 cm³/mol. The molecule has 0 aromatic heterocycles. The summed E-state index contributed by atoms with van der Waals surface area (Å²) < 4.78 is 5.80. The molecule has 0 aliphatic rings. The summed E-state index contributed by atoms with van der Waals surface area (Å²) in [6.07, 6.45) is -0.622. The number of benzene rings is 3. The third-order valence-electron chi connectivity index (χ3n) is 4.40. The number of hydrogen-bond acceptors (Lipinski definition) is 3. The molecule has 0 heterocycles. The molecule has 3 aromatic rings. The lowest BCUT2D eigenvalue weighted by Crippen LogP contribution is -2.37. The van der Waals surface area contributed by atoms with E-state index >= 15 is 0 Å². The van der Waals surface area contributed by atoms with Crippen LogP contribution < -0.4 is 4.74 Å². The molecule has 27 heavy (non-hydrogen) atoms. The summed E-state index contributed by atoms with van der Waals surface area (Å²) in [5, 5.41) is 9.87. The Labute approximate surface area is 159 Å². The van der Waals surface area contributed by atoms with E-state index in [0.29, 0.717) is 17.9 Å². The van der Waals surface area contributed by atoms with Crippen molar-refractivity contribution >= 4 is 5.91 Å². The lowest BCUT2D eigenvalue weighted by Gasteiger charge is -2.22. The smallest absolute Gasteiger partial charge is 0.263 e. The first-order valence-corrected chi connectivity index (χ1v) is 8.88. The molecule has 0 spiro atoms. The van der Waals surface area contributed by atoms with E-state index in [1.54, 1.807) is 37.1 Å². The molecule has 3 aromatic carbocycles. The first kappa shape index (κ1) is 18.5. The quantitative estimate of drug-likeness (QED) is 0.704. The van der Waals surface area contributed by atoms with Gasteiger partial charge < -0.3 is 14.7 Å². The minimum Gasteiger partial charge on any atom is -0.508 e. The van der Waals surface area contributed by atoms with Crippen LogP contribution in [0.4, 0.5) is 0 Å². The highest BCUT2D eigenvalue weighted by atomic mass is 16.5. The Morgan fingerprint density at radius 3 is 2.19 bits per heavy atom. The highest BCUT2D eigenvalue weighted by Gasteiger charge is 2.20. The molecule has 0 aliphatic heterocycles. The summed E-state index contributed by atoms with van der Waals surface area (Å²) >= 11 is 0. The highest BCUT2D eigenvalue weighted by Crippen LogP contribution is 2.23. The van der Waals surface area contributed by atoms with Gasteiger partial charge in [-0.15, -0.1) is 0 Å². The monoisotopic (exact) mass is 361 g/mol. The lowest BCUT2D eigenvalue weighted by atomic mass is 10.1. The van der Waals surface area contributed by atoms with Gasteiger partial charge in [-0.25, -0.2) is 0 Å². The largest absolute Gasteiger partial charge is 0.508 e. The van der Waals surface area contributed by atoms with Crippen LogP contribution in [-0.4, -0.2) is 29.1 Å². The fourth-order valence-corrected chi connectivity index (χ4v) is 2.90. The number of amides is 1. The molecule has 1 atom stereocenters. The molecule has 3 rings (SSSR count). The fourth-order valence-electron chi connectivity index (χ4n) is 2.90. The van der Waals surface area contributed by atoms with Crippen LogP contribution in [0, 0.1) is 0 Å². The average molecular weight is 361 g/mol. The SMILES string of the molecule is CC(Oc1ccc(-c2ccccc2)cc1)C(=O)N(C)Cc1ccccc1O. The second-order valence-corrected chi connectivity index (χ2v) is 6.47. The minimum absolute atomic E-state index is 0.148. The van der Waals surface area contributed by atoms with Crippen molar-refractivity contribution in [3.05, 3.63) is 84.4 Å². The minimum atomic E-state index is -0.622. The van der Waals surface area contributed by atoms with Gasteiger partial charge in [0, 0.05) is 19.2 Å². The maximum absolute atomic E-state index is 12.6. The van der Waals surface area contributed by atoms with Crippen LogP contribution in [0.1, 0.15) is 12.5 Å². The Kier molecular flexibility index (Phi) is 5.77. The van der Waals surface area contributed by atoms with E-state index in [2.05, 4.69) is 12.1 Å². The van der Waals surface area contributed by atoms with Crippen molar-refractivity contribution < 1.29 is 14.6 Å². The molecular formula is C23H23NO3. The summed E-state index contributed by atoms with van der Waals surface area (Å²) in [7, 11) is 1.70. The van der Waals surface area contributed by atoms with Crippen LogP contribution in [-0.2, 0) is 11.3 Å². The maximum atomic E-state index is 12.6. The third kappa shape index (κ3) is 4.67. The van der Waals surface area contributed by atoms with E-state index in [9.17, 15) is 9.90 Å². The summed E-state index contributed by atoms with van der Waals surface area (Å²) in [6.45, 7) is 2.06. The Morgan fingerprint density at radius 2 is 1.52 bits per heavy atom. The van der Waals surface area contributed by atoms with Gasteiger partial charge in [-0.1, -0.05) is 60.7 Å². The van der Waals surface area contributed by atoms with Crippen LogP contribution in [0.15, 0.2) is 78.9 Å². The molecule has 1 unspecified atom stereocenters. The van der Waals surface area contributed by atoms with E-state index in [-0.39, 0.29) is 11.7 Å². The number of carbonyl (C=O) groups is 1. The molecule has 0 saturated heterocycles. The molecule has 4 heteroatoms. The molecule has 0 saturated carbocycles.